The molecule has 0 radical (unpaired) electrons. The van der Waals surface area contributed by atoms with Crippen molar-refractivity contribution in [1.82, 2.24) is 9.78 Å². The maximum Gasteiger partial charge on any atom is 0.327 e. The molecule has 0 aromatic carbocycles. The predicted octanol–water partition coefficient (Wildman–Crippen LogP) is -0.330. The third-order valence-electron chi connectivity index (χ3n) is 2.43. The minimum absolute atomic E-state index is 0.0758. The van der Waals surface area contributed by atoms with Gasteiger partial charge in [-0.05, 0) is 13.8 Å². The number of nitrogens with two attached hydrogens (primary N) is 1. The number of aryl methyl sites for hydroxylation is 1. The second-order valence-corrected chi connectivity index (χ2v) is 6.35. The summed E-state index contributed by atoms with van der Waals surface area (Å²) in [5.41, 5.74) is 7.60. The van der Waals surface area contributed by atoms with Gasteiger partial charge in [0.15, 0.2) is 9.84 Å². The molecule has 18 heavy (non-hydrogen) atoms. The lowest BCUT2D eigenvalue weighted by molar-refractivity contribution is -0.143. The zero-order valence-electron chi connectivity index (χ0n) is 10.6. The van der Waals surface area contributed by atoms with E-state index in [-0.39, 0.29) is 18.9 Å². The van der Waals surface area contributed by atoms with E-state index in [2.05, 4.69) is 5.10 Å². The Morgan fingerprint density at radius 3 is 2.50 bits per heavy atom. The van der Waals surface area contributed by atoms with Crippen LogP contribution in [0.3, 0.4) is 0 Å². The first-order valence-corrected chi connectivity index (χ1v) is 7.39. The van der Waals surface area contributed by atoms with Crippen LogP contribution in [0.2, 0.25) is 0 Å². The summed E-state index contributed by atoms with van der Waals surface area (Å²) in [4.78, 5) is 11.5. The van der Waals surface area contributed by atoms with Crippen molar-refractivity contribution < 1.29 is 17.9 Å². The Hall–Kier alpha value is -1.57. The van der Waals surface area contributed by atoms with E-state index in [1.54, 1.807) is 13.8 Å². The SMILES string of the molecule is Cc1nn(CC(=O)OCCS(C)(=O)=O)c(C)c1N. The number of hydrogen-bond acceptors (Lipinski definition) is 6. The summed E-state index contributed by atoms with van der Waals surface area (Å²) in [5.74, 6) is -0.720. The van der Waals surface area contributed by atoms with Crippen molar-refractivity contribution in [3.05, 3.63) is 11.4 Å². The van der Waals surface area contributed by atoms with Gasteiger partial charge in [-0.3, -0.25) is 9.48 Å². The number of hydrogen-bond donors (Lipinski definition) is 1. The molecular formula is C10H17N3O4S. The topological polar surface area (TPSA) is 104 Å². The molecule has 0 aliphatic rings. The van der Waals surface area contributed by atoms with Crippen molar-refractivity contribution in [2.75, 3.05) is 24.3 Å². The maximum atomic E-state index is 11.5. The van der Waals surface area contributed by atoms with Gasteiger partial charge in [0, 0.05) is 6.26 Å². The average Bonchev–Trinajstić information content (AvgIpc) is 2.44. The summed E-state index contributed by atoms with van der Waals surface area (Å²) in [6.45, 7) is 3.27. The number of carbonyl (C=O) groups excluding carboxylic acids is 1. The van der Waals surface area contributed by atoms with Crippen molar-refractivity contribution in [3.63, 3.8) is 0 Å². The van der Waals surface area contributed by atoms with E-state index in [4.69, 9.17) is 10.5 Å². The number of esters is 1. The van der Waals surface area contributed by atoms with Gasteiger partial charge >= 0.3 is 5.97 Å². The van der Waals surface area contributed by atoms with Crippen LogP contribution in [0.4, 0.5) is 5.69 Å². The Bertz CT molecular complexity index is 548. The molecule has 0 amide bonds. The minimum Gasteiger partial charge on any atom is -0.463 e. The van der Waals surface area contributed by atoms with E-state index in [0.717, 1.165) is 6.26 Å². The van der Waals surface area contributed by atoms with E-state index in [1.165, 1.54) is 4.68 Å². The smallest absolute Gasteiger partial charge is 0.327 e. The number of carbonyl (C=O) groups is 1. The van der Waals surface area contributed by atoms with Gasteiger partial charge in [0.1, 0.15) is 13.2 Å². The maximum absolute atomic E-state index is 11.5. The molecule has 0 aliphatic carbocycles. The number of rotatable bonds is 5. The number of nitrogen functional groups attached to an aromatic ring is 1. The lowest BCUT2D eigenvalue weighted by Crippen LogP contribution is -2.19. The molecule has 0 fully saturated rings. The van der Waals surface area contributed by atoms with Gasteiger partial charge in [-0.15, -0.1) is 0 Å². The lowest BCUT2D eigenvalue weighted by Gasteiger charge is -2.05. The largest absolute Gasteiger partial charge is 0.463 e. The Kier molecular flexibility index (Phi) is 4.33. The summed E-state index contributed by atoms with van der Waals surface area (Å²) in [6.07, 6.45) is 1.09. The molecule has 1 rings (SSSR count). The summed E-state index contributed by atoms with van der Waals surface area (Å²) in [6, 6.07) is 0. The first kappa shape index (κ1) is 14.5. The van der Waals surface area contributed by atoms with E-state index < -0.39 is 15.8 Å². The zero-order chi connectivity index (χ0) is 13.9. The van der Waals surface area contributed by atoms with E-state index >= 15 is 0 Å². The number of sulfone groups is 1. The highest BCUT2D eigenvalue weighted by Gasteiger charge is 2.12. The van der Waals surface area contributed by atoms with Crippen LogP contribution in [0.5, 0.6) is 0 Å². The van der Waals surface area contributed by atoms with Crippen LogP contribution in [0.25, 0.3) is 0 Å². The Labute approximate surface area is 106 Å². The third kappa shape index (κ3) is 4.02. The van der Waals surface area contributed by atoms with Crippen LogP contribution in [-0.4, -0.2) is 42.8 Å². The lowest BCUT2D eigenvalue weighted by atomic mass is 10.3. The van der Waals surface area contributed by atoms with Gasteiger partial charge in [-0.1, -0.05) is 0 Å². The van der Waals surface area contributed by atoms with Gasteiger partial charge in [0.05, 0.1) is 22.8 Å². The number of anilines is 1. The quantitative estimate of drug-likeness (QED) is 0.738. The van der Waals surface area contributed by atoms with Crippen LogP contribution in [-0.2, 0) is 25.9 Å². The first-order valence-electron chi connectivity index (χ1n) is 5.33. The molecule has 2 N–H and O–H groups in total. The number of ether oxygens (including phenoxy) is 1. The molecule has 102 valence electrons. The molecule has 8 heteroatoms. The average molecular weight is 275 g/mol. The molecule has 0 atom stereocenters. The molecule has 1 aromatic rings. The summed E-state index contributed by atoms with van der Waals surface area (Å²) < 4.78 is 27.9. The highest BCUT2D eigenvalue weighted by molar-refractivity contribution is 7.90. The highest BCUT2D eigenvalue weighted by atomic mass is 32.2. The van der Waals surface area contributed by atoms with E-state index in [1.807, 2.05) is 0 Å². The Morgan fingerprint density at radius 2 is 2.06 bits per heavy atom. The van der Waals surface area contributed by atoms with Crippen molar-refractivity contribution in [2.24, 2.45) is 0 Å². The molecular weight excluding hydrogens is 258 g/mol. The van der Waals surface area contributed by atoms with Crippen molar-refractivity contribution >= 4 is 21.5 Å². The minimum atomic E-state index is -3.12. The molecule has 7 nitrogen and oxygen atoms in total. The van der Waals surface area contributed by atoms with Crippen molar-refractivity contribution in [3.8, 4) is 0 Å². The van der Waals surface area contributed by atoms with Crippen LogP contribution < -0.4 is 5.73 Å². The van der Waals surface area contributed by atoms with Crippen LogP contribution in [0.15, 0.2) is 0 Å². The van der Waals surface area contributed by atoms with Crippen molar-refractivity contribution in [2.45, 2.75) is 20.4 Å². The summed E-state index contributed by atoms with van der Waals surface area (Å²) in [7, 11) is -3.12. The van der Waals surface area contributed by atoms with Crippen LogP contribution in [0.1, 0.15) is 11.4 Å². The fourth-order valence-corrected chi connectivity index (χ4v) is 1.73. The number of aromatic nitrogens is 2. The second-order valence-electron chi connectivity index (χ2n) is 4.09. The standard InChI is InChI=1S/C10H17N3O4S/c1-7-10(11)8(2)13(12-7)6-9(14)17-4-5-18(3,15)16/h4-6,11H2,1-3H3. The first-order chi connectivity index (χ1) is 8.20. The Morgan fingerprint density at radius 1 is 1.44 bits per heavy atom. The second kappa shape index (κ2) is 5.38. The van der Waals surface area contributed by atoms with Crippen LogP contribution >= 0.6 is 0 Å². The van der Waals surface area contributed by atoms with Crippen LogP contribution in [0, 0.1) is 13.8 Å². The monoisotopic (exact) mass is 275 g/mol. The third-order valence-corrected chi connectivity index (χ3v) is 3.34. The molecule has 0 saturated heterocycles. The van der Waals surface area contributed by atoms with Gasteiger partial charge in [-0.25, -0.2) is 8.42 Å². The fraction of sp³-hybridized carbons (Fsp3) is 0.600. The molecule has 0 spiro atoms. The fourth-order valence-electron chi connectivity index (χ4n) is 1.34. The van der Waals surface area contributed by atoms with E-state index in [9.17, 15) is 13.2 Å². The molecule has 1 heterocycles. The predicted molar refractivity (Wildman–Crippen MR) is 66.8 cm³/mol. The van der Waals surface area contributed by atoms with E-state index in [0.29, 0.717) is 17.1 Å². The normalized spacial score (nSPS) is 11.5. The van der Waals surface area contributed by atoms with Gasteiger partial charge in [0.25, 0.3) is 0 Å². The number of nitrogens with zero attached hydrogens (tertiary/aromatic N) is 2. The highest BCUT2D eigenvalue weighted by Crippen LogP contribution is 2.14. The molecule has 0 aliphatic heterocycles. The molecule has 0 bridgehead atoms. The Balaban J connectivity index is 2.52. The van der Waals surface area contributed by atoms with Crippen molar-refractivity contribution in [1.29, 1.82) is 0 Å². The van der Waals surface area contributed by atoms with Gasteiger partial charge < -0.3 is 10.5 Å². The molecule has 1 aromatic heterocycles. The van der Waals surface area contributed by atoms with Gasteiger partial charge in [-0.2, -0.15) is 5.10 Å². The van der Waals surface area contributed by atoms with Gasteiger partial charge in [0.2, 0.25) is 0 Å². The zero-order valence-corrected chi connectivity index (χ0v) is 11.5. The molecule has 0 unspecified atom stereocenters. The summed E-state index contributed by atoms with van der Waals surface area (Å²) in [5, 5.41) is 4.08. The molecule has 0 saturated carbocycles. The summed E-state index contributed by atoms with van der Waals surface area (Å²) >= 11 is 0.